The highest BCUT2D eigenvalue weighted by Gasteiger charge is 2.10. The number of benzene rings is 1. The second kappa shape index (κ2) is 4.97. The lowest BCUT2D eigenvalue weighted by molar-refractivity contribution is 0.627. The summed E-state index contributed by atoms with van der Waals surface area (Å²) in [4.78, 5) is 8.52. The van der Waals surface area contributed by atoms with Gasteiger partial charge in [-0.25, -0.2) is 19.0 Å². The van der Waals surface area contributed by atoms with Crippen molar-refractivity contribution in [3.8, 4) is 5.69 Å². The van der Waals surface area contributed by atoms with Crippen molar-refractivity contribution in [2.45, 2.75) is 11.9 Å². The van der Waals surface area contributed by atoms with Gasteiger partial charge in [0.05, 0.1) is 17.3 Å². The summed E-state index contributed by atoms with van der Waals surface area (Å²) >= 11 is 1.65. The molecule has 4 nitrogen and oxygen atoms in total. The Morgan fingerprint density at radius 3 is 2.74 bits per heavy atom. The zero-order valence-electron chi connectivity index (χ0n) is 10.2. The van der Waals surface area contributed by atoms with Crippen LogP contribution in [-0.4, -0.2) is 25.5 Å². The van der Waals surface area contributed by atoms with Gasteiger partial charge in [-0.05, 0) is 30.0 Å². The summed E-state index contributed by atoms with van der Waals surface area (Å²) in [5.41, 5.74) is 1.51. The summed E-state index contributed by atoms with van der Waals surface area (Å²) in [5, 5.41) is 6.15. The molecule has 0 N–H and O–H groups in total. The van der Waals surface area contributed by atoms with Gasteiger partial charge in [0.15, 0.2) is 5.65 Å². The first-order chi connectivity index (χ1) is 9.29. The second-order valence-corrected chi connectivity index (χ2v) is 5.13. The second-order valence-electron chi connectivity index (χ2n) is 3.88. The number of nitrogens with zero attached hydrogens (tertiary/aromatic N) is 4. The van der Waals surface area contributed by atoms with Crippen LogP contribution < -0.4 is 0 Å². The Balaban J connectivity index is 2.15. The average molecular weight is 274 g/mol. The minimum Gasteiger partial charge on any atom is -0.229 e. The third-order valence-electron chi connectivity index (χ3n) is 2.68. The van der Waals surface area contributed by atoms with Crippen LogP contribution in [0.3, 0.4) is 0 Å². The Labute approximate surface area is 113 Å². The van der Waals surface area contributed by atoms with Crippen molar-refractivity contribution in [1.82, 2.24) is 19.7 Å². The number of hydrogen-bond acceptors (Lipinski definition) is 4. The zero-order valence-corrected chi connectivity index (χ0v) is 11.1. The van der Waals surface area contributed by atoms with E-state index in [2.05, 4.69) is 22.0 Å². The van der Waals surface area contributed by atoms with E-state index in [4.69, 9.17) is 0 Å². The Morgan fingerprint density at radius 1 is 1.21 bits per heavy atom. The topological polar surface area (TPSA) is 43.6 Å². The molecule has 1 aromatic carbocycles. The molecule has 19 heavy (non-hydrogen) atoms. The SMILES string of the molecule is CCSc1ncnc2c1cnn2-c1ccc(F)cc1. The molecule has 0 saturated carbocycles. The molecule has 2 aromatic heterocycles. The molecule has 0 amide bonds. The van der Waals surface area contributed by atoms with Gasteiger partial charge in [0, 0.05) is 0 Å². The van der Waals surface area contributed by atoms with E-state index in [0.29, 0.717) is 0 Å². The quantitative estimate of drug-likeness (QED) is 0.544. The van der Waals surface area contributed by atoms with Crippen LogP contribution in [0.15, 0.2) is 41.8 Å². The number of thioether (sulfide) groups is 1. The van der Waals surface area contributed by atoms with Gasteiger partial charge in [0.2, 0.25) is 0 Å². The maximum Gasteiger partial charge on any atom is 0.167 e. The lowest BCUT2D eigenvalue weighted by Crippen LogP contribution is -1.98. The minimum atomic E-state index is -0.267. The molecule has 0 aliphatic heterocycles. The predicted octanol–water partition coefficient (Wildman–Crippen LogP) is 3.07. The number of halogens is 1. The summed E-state index contributed by atoms with van der Waals surface area (Å²) in [6.07, 6.45) is 3.28. The lowest BCUT2D eigenvalue weighted by Gasteiger charge is -2.03. The number of aromatic nitrogens is 4. The van der Waals surface area contributed by atoms with Crippen LogP contribution in [0.4, 0.5) is 4.39 Å². The maximum absolute atomic E-state index is 12.9. The summed E-state index contributed by atoms with van der Waals surface area (Å²) < 4.78 is 14.6. The fourth-order valence-electron chi connectivity index (χ4n) is 1.85. The molecule has 0 spiro atoms. The van der Waals surface area contributed by atoms with Crippen molar-refractivity contribution in [3.05, 3.63) is 42.6 Å². The first-order valence-electron chi connectivity index (χ1n) is 5.87. The molecule has 0 aliphatic rings. The van der Waals surface area contributed by atoms with Gasteiger partial charge in [-0.2, -0.15) is 5.10 Å². The monoisotopic (exact) mass is 274 g/mol. The molecule has 0 aliphatic carbocycles. The Bertz CT molecular complexity index is 708. The fourth-order valence-corrected chi connectivity index (χ4v) is 2.54. The van der Waals surface area contributed by atoms with E-state index in [9.17, 15) is 4.39 Å². The Kier molecular flexibility index (Phi) is 3.16. The van der Waals surface area contributed by atoms with Gasteiger partial charge < -0.3 is 0 Å². The van der Waals surface area contributed by atoms with Crippen LogP contribution in [0, 0.1) is 5.82 Å². The van der Waals surface area contributed by atoms with Gasteiger partial charge >= 0.3 is 0 Å². The molecular weight excluding hydrogens is 263 g/mol. The molecule has 0 radical (unpaired) electrons. The number of hydrogen-bond donors (Lipinski definition) is 0. The van der Waals surface area contributed by atoms with E-state index in [1.807, 2.05) is 0 Å². The first kappa shape index (κ1) is 12.1. The van der Waals surface area contributed by atoms with Crippen LogP contribution >= 0.6 is 11.8 Å². The van der Waals surface area contributed by atoms with Crippen molar-refractivity contribution in [2.24, 2.45) is 0 Å². The minimum absolute atomic E-state index is 0.267. The fraction of sp³-hybridized carbons (Fsp3) is 0.154. The molecule has 2 heterocycles. The highest BCUT2D eigenvalue weighted by molar-refractivity contribution is 7.99. The van der Waals surface area contributed by atoms with Gasteiger partial charge in [-0.15, -0.1) is 11.8 Å². The van der Waals surface area contributed by atoms with Crippen molar-refractivity contribution >= 4 is 22.8 Å². The molecule has 0 unspecified atom stereocenters. The molecule has 3 rings (SSSR count). The van der Waals surface area contributed by atoms with Crippen molar-refractivity contribution in [2.75, 3.05) is 5.75 Å². The van der Waals surface area contributed by atoms with Crippen LogP contribution in [0.25, 0.3) is 16.7 Å². The van der Waals surface area contributed by atoms with E-state index in [0.717, 1.165) is 27.5 Å². The largest absolute Gasteiger partial charge is 0.229 e. The van der Waals surface area contributed by atoms with Gasteiger partial charge in [0.25, 0.3) is 0 Å². The molecule has 3 aromatic rings. The zero-order chi connectivity index (χ0) is 13.2. The van der Waals surface area contributed by atoms with Gasteiger partial charge in [-0.1, -0.05) is 6.92 Å². The Morgan fingerprint density at radius 2 is 2.00 bits per heavy atom. The summed E-state index contributed by atoms with van der Waals surface area (Å²) in [6, 6.07) is 6.17. The smallest absolute Gasteiger partial charge is 0.167 e. The molecular formula is C13H11FN4S. The molecule has 0 fully saturated rings. The van der Waals surface area contributed by atoms with Gasteiger partial charge in [-0.3, -0.25) is 0 Å². The summed E-state index contributed by atoms with van der Waals surface area (Å²) in [6.45, 7) is 2.07. The van der Waals surface area contributed by atoms with Crippen molar-refractivity contribution in [3.63, 3.8) is 0 Å². The summed E-state index contributed by atoms with van der Waals surface area (Å²) in [5.74, 6) is 0.672. The molecule has 0 bridgehead atoms. The predicted molar refractivity (Wildman–Crippen MR) is 73.0 cm³/mol. The molecule has 0 saturated heterocycles. The van der Waals surface area contributed by atoms with E-state index in [1.54, 1.807) is 34.8 Å². The Hall–Kier alpha value is -1.95. The lowest BCUT2D eigenvalue weighted by atomic mass is 10.3. The van der Waals surface area contributed by atoms with Crippen LogP contribution in [0.1, 0.15) is 6.92 Å². The van der Waals surface area contributed by atoms with Gasteiger partial charge in [0.1, 0.15) is 17.2 Å². The van der Waals surface area contributed by atoms with E-state index >= 15 is 0 Å². The van der Waals surface area contributed by atoms with E-state index in [-0.39, 0.29) is 5.82 Å². The molecule has 96 valence electrons. The number of fused-ring (bicyclic) bond motifs is 1. The van der Waals surface area contributed by atoms with Crippen LogP contribution in [0.5, 0.6) is 0 Å². The van der Waals surface area contributed by atoms with Crippen molar-refractivity contribution < 1.29 is 4.39 Å². The highest BCUT2D eigenvalue weighted by atomic mass is 32.2. The van der Waals surface area contributed by atoms with Crippen molar-refractivity contribution in [1.29, 1.82) is 0 Å². The van der Waals surface area contributed by atoms with E-state index in [1.165, 1.54) is 18.5 Å². The van der Waals surface area contributed by atoms with E-state index < -0.39 is 0 Å². The summed E-state index contributed by atoms with van der Waals surface area (Å²) in [7, 11) is 0. The third-order valence-corrected chi connectivity index (χ3v) is 3.57. The average Bonchev–Trinajstić information content (AvgIpc) is 2.85. The van der Waals surface area contributed by atoms with Crippen LogP contribution in [0.2, 0.25) is 0 Å². The standard InChI is InChI=1S/C13H11FN4S/c1-2-19-13-11-7-17-18(12(11)15-8-16-13)10-5-3-9(14)4-6-10/h3-8H,2H2,1H3. The highest BCUT2D eigenvalue weighted by Crippen LogP contribution is 2.25. The maximum atomic E-state index is 12.9. The third kappa shape index (κ3) is 2.19. The first-order valence-corrected chi connectivity index (χ1v) is 6.85. The molecule has 6 heteroatoms. The number of rotatable bonds is 3. The molecule has 0 atom stereocenters. The normalized spacial score (nSPS) is 11.1. The van der Waals surface area contributed by atoms with Crippen LogP contribution in [-0.2, 0) is 0 Å².